The number of carbonyl (C=O) groups excluding carboxylic acids is 2. The number of para-hydroxylation sites is 1. The minimum atomic E-state index is -0.487. The Morgan fingerprint density at radius 2 is 2.08 bits per heavy atom. The van der Waals surface area contributed by atoms with Crippen LogP contribution in [0.2, 0.25) is 0 Å². The molecule has 1 aliphatic rings. The summed E-state index contributed by atoms with van der Waals surface area (Å²) in [6, 6.07) is 7.67. The Bertz CT molecular complexity index is 1010. The fourth-order valence-corrected chi connectivity index (χ4v) is 3.93. The summed E-state index contributed by atoms with van der Waals surface area (Å²) in [4.78, 5) is 33.6. The Kier molecular flexibility index (Phi) is 4.38. The van der Waals surface area contributed by atoms with Crippen molar-refractivity contribution in [2.45, 2.75) is 26.2 Å². The molecule has 6 nitrogen and oxygen atoms in total. The Hall–Kier alpha value is -2.80. The molecule has 7 heteroatoms. The number of hydrogen-bond donors (Lipinski definition) is 1. The van der Waals surface area contributed by atoms with E-state index in [1.54, 1.807) is 12.3 Å². The predicted molar refractivity (Wildman–Crippen MR) is 99.8 cm³/mol. The summed E-state index contributed by atoms with van der Waals surface area (Å²) < 4.78 is 4.93. The van der Waals surface area contributed by atoms with E-state index in [0.29, 0.717) is 10.7 Å². The number of hydrogen-bond acceptors (Lipinski definition) is 6. The van der Waals surface area contributed by atoms with Gasteiger partial charge in [-0.25, -0.2) is 9.78 Å². The van der Waals surface area contributed by atoms with Crippen LogP contribution in [0.1, 0.15) is 45.4 Å². The number of amides is 1. The SMILES string of the molecule is CCOC(=O)c1csc(NC(=O)c2c3c(nc4ccccc24)CCC3)n1. The van der Waals surface area contributed by atoms with Crippen molar-refractivity contribution in [2.75, 3.05) is 11.9 Å². The van der Waals surface area contributed by atoms with E-state index >= 15 is 0 Å². The number of esters is 1. The lowest BCUT2D eigenvalue weighted by Crippen LogP contribution is -2.16. The maximum absolute atomic E-state index is 13.0. The van der Waals surface area contributed by atoms with Gasteiger partial charge in [0.1, 0.15) is 0 Å². The monoisotopic (exact) mass is 367 g/mol. The van der Waals surface area contributed by atoms with Gasteiger partial charge in [-0.1, -0.05) is 18.2 Å². The van der Waals surface area contributed by atoms with Gasteiger partial charge in [-0.3, -0.25) is 15.1 Å². The second kappa shape index (κ2) is 6.84. The first-order valence-electron chi connectivity index (χ1n) is 8.52. The van der Waals surface area contributed by atoms with Gasteiger partial charge in [-0.2, -0.15) is 0 Å². The molecule has 3 aromatic rings. The van der Waals surface area contributed by atoms with Gasteiger partial charge in [-0.05, 0) is 37.8 Å². The molecule has 4 rings (SSSR count). The molecule has 2 heterocycles. The molecule has 2 aromatic heterocycles. The minimum absolute atomic E-state index is 0.206. The van der Waals surface area contributed by atoms with E-state index in [0.717, 1.165) is 41.4 Å². The van der Waals surface area contributed by atoms with Gasteiger partial charge in [-0.15, -0.1) is 11.3 Å². The summed E-state index contributed by atoms with van der Waals surface area (Å²) in [7, 11) is 0. The molecule has 0 saturated carbocycles. The van der Waals surface area contributed by atoms with Crippen molar-refractivity contribution in [3.05, 3.63) is 52.2 Å². The third-order valence-corrected chi connectivity index (χ3v) is 5.11. The van der Waals surface area contributed by atoms with Crippen LogP contribution in [-0.2, 0) is 17.6 Å². The van der Waals surface area contributed by atoms with Crippen LogP contribution < -0.4 is 5.32 Å². The highest BCUT2D eigenvalue weighted by atomic mass is 32.1. The molecule has 0 aliphatic heterocycles. The molecular weight excluding hydrogens is 350 g/mol. The number of fused-ring (bicyclic) bond motifs is 2. The van der Waals surface area contributed by atoms with Gasteiger partial charge in [0.15, 0.2) is 10.8 Å². The summed E-state index contributed by atoms with van der Waals surface area (Å²) in [6.45, 7) is 2.02. The van der Waals surface area contributed by atoms with Crippen LogP contribution in [-0.4, -0.2) is 28.5 Å². The zero-order valence-corrected chi connectivity index (χ0v) is 15.1. The van der Waals surface area contributed by atoms with Crippen LogP contribution in [0.15, 0.2) is 29.6 Å². The molecule has 0 fully saturated rings. The number of ether oxygens (including phenoxy) is 1. The molecule has 0 spiro atoms. The van der Waals surface area contributed by atoms with Crippen molar-refractivity contribution in [3.8, 4) is 0 Å². The van der Waals surface area contributed by atoms with Gasteiger partial charge in [0.25, 0.3) is 5.91 Å². The van der Waals surface area contributed by atoms with Crippen LogP contribution in [0.4, 0.5) is 5.13 Å². The van der Waals surface area contributed by atoms with Crippen LogP contribution >= 0.6 is 11.3 Å². The number of thiazole rings is 1. The Labute approximate surface area is 154 Å². The molecule has 0 bridgehead atoms. The second-order valence-electron chi connectivity index (χ2n) is 6.00. The molecule has 1 N–H and O–H groups in total. The first-order chi connectivity index (χ1) is 12.7. The molecule has 1 aromatic carbocycles. The molecule has 0 atom stereocenters. The molecule has 0 radical (unpaired) electrons. The van der Waals surface area contributed by atoms with Crippen molar-refractivity contribution >= 4 is 39.2 Å². The summed E-state index contributed by atoms with van der Waals surface area (Å²) in [6.07, 6.45) is 2.75. The van der Waals surface area contributed by atoms with Crippen molar-refractivity contribution in [1.82, 2.24) is 9.97 Å². The summed E-state index contributed by atoms with van der Waals surface area (Å²) >= 11 is 1.21. The van der Waals surface area contributed by atoms with E-state index in [1.165, 1.54) is 11.3 Å². The highest BCUT2D eigenvalue weighted by Gasteiger charge is 2.24. The molecule has 0 unspecified atom stereocenters. The molecule has 26 heavy (non-hydrogen) atoms. The second-order valence-corrected chi connectivity index (χ2v) is 6.85. The summed E-state index contributed by atoms with van der Waals surface area (Å²) in [5.41, 5.74) is 3.71. The van der Waals surface area contributed by atoms with E-state index in [-0.39, 0.29) is 18.2 Å². The Morgan fingerprint density at radius 1 is 1.23 bits per heavy atom. The lowest BCUT2D eigenvalue weighted by molar-refractivity contribution is 0.0520. The maximum Gasteiger partial charge on any atom is 0.357 e. The topological polar surface area (TPSA) is 81.2 Å². The zero-order chi connectivity index (χ0) is 18.1. The molecular formula is C19H17N3O3S. The highest BCUT2D eigenvalue weighted by Crippen LogP contribution is 2.30. The number of nitrogens with one attached hydrogen (secondary N) is 1. The van der Waals surface area contributed by atoms with E-state index in [2.05, 4.69) is 10.3 Å². The van der Waals surface area contributed by atoms with Crippen molar-refractivity contribution in [3.63, 3.8) is 0 Å². The molecule has 1 amide bonds. The third kappa shape index (κ3) is 2.94. The van der Waals surface area contributed by atoms with E-state index < -0.39 is 5.97 Å². The van der Waals surface area contributed by atoms with Crippen LogP contribution in [0.25, 0.3) is 10.9 Å². The predicted octanol–water partition coefficient (Wildman–Crippen LogP) is 3.61. The largest absolute Gasteiger partial charge is 0.461 e. The van der Waals surface area contributed by atoms with Gasteiger partial charge in [0.05, 0.1) is 17.7 Å². The fraction of sp³-hybridized carbons (Fsp3) is 0.263. The minimum Gasteiger partial charge on any atom is -0.461 e. The van der Waals surface area contributed by atoms with Crippen LogP contribution in [0, 0.1) is 0 Å². The quantitative estimate of drug-likeness (QED) is 0.713. The third-order valence-electron chi connectivity index (χ3n) is 4.36. The first kappa shape index (κ1) is 16.7. The Balaban J connectivity index is 1.68. The lowest BCUT2D eigenvalue weighted by atomic mass is 10.0. The number of nitrogens with zero attached hydrogens (tertiary/aromatic N) is 2. The number of benzene rings is 1. The summed E-state index contributed by atoms with van der Waals surface area (Å²) in [5.74, 6) is -0.703. The van der Waals surface area contributed by atoms with Crippen molar-refractivity contribution < 1.29 is 14.3 Å². The standard InChI is InChI=1S/C19H17N3O3S/c1-2-25-18(24)15-10-26-19(21-15)22-17(23)16-11-6-3-4-8-13(11)20-14-9-5-7-12(14)16/h3-4,6,8,10H,2,5,7,9H2,1H3,(H,21,22,23). The van der Waals surface area contributed by atoms with E-state index in [1.807, 2.05) is 24.3 Å². The average Bonchev–Trinajstić information content (AvgIpc) is 3.28. The van der Waals surface area contributed by atoms with E-state index in [9.17, 15) is 9.59 Å². The Morgan fingerprint density at radius 3 is 2.92 bits per heavy atom. The fourth-order valence-electron chi connectivity index (χ4n) is 3.26. The van der Waals surface area contributed by atoms with E-state index in [4.69, 9.17) is 9.72 Å². The van der Waals surface area contributed by atoms with Crippen molar-refractivity contribution in [2.24, 2.45) is 0 Å². The van der Waals surface area contributed by atoms with Crippen LogP contribution in [0.3, 0.4) is 0 Å². The zero-order valence-electron chi connectivity index (χ0n) is 14.2. The number of pyridine rings is 1. The molecule has 132 valence electrons. The van der Waals surface area contributed by atoms with Gasteiger partial charge in [0, 0.05) is 16.5 Å². The average molecular weight is 367 g/mol. The normalized spacial score (nSPS) is 12.8. The van der Waals surface area contributed by atoms with Gasteiger partial charge in [0.2, 0.25) is 0 Å². The number of aryl methyl sites for hydroxylation is 1. The first-order valence-corrected chi connectivity index (χ1v) is 9.40. The smallest absolute Gasteiger partial charge is 0.357 e. The van der Waals surface area contributed by atoms with Crippen molar-refractivity contribution in [1.29, 1.82) is 0 Å². The molecule has 1 aliphatic carbocycles. The number of aromatic nitrogens is 2. The van der Waals surface area contributed by atoms with Gasteiger partial charge >= 0.3 is 5.97 Å². The maximum atomic E-state index is 13.0. The number of rotatable bonds is 4. The lowest BCUT2D eigenvalue weighted by Gasteiger charge is -2.11. The van der Waals surface area contributed by atoms with Gasteiger partial charge < -0.3 is 4.74 Å². The summed E-state index contributed by atoms with van der Waals surface area (Å²) in [5, 5.41) is 5.64. The number of carbonyl (C=O) groups is 2. The highest BCUT2D eigenvalue weighted by molar-refractivity contribution is 7.14. The molecule has 0 saturated heterocycles. The number of anilines is 1. The van der Waals surface area contributed by atoms with Crippen LogP contribution in [0.5, 0.6) is 0 Å².